The van der Waals surface area contributed by atoms with Crippen molar-refractivity contribution in [1.29, 1.82) is 0 Å². The van der Waals surface area contributed by atoms with Gasteiger partial charge in [0.1, 0.15) is 5.69 Å². The molecular weight excluding hydrogens is 241 g/mol. The molecule has 0 aliphatic heterocycles. The summed E-state index contributed by atoms with van der Waals surface area (Å²) in [7, 11) is 1.12. The summed E-state index contributed by atoms with van der Waals surface area (Å²) in [6.45, 7) is -1.53. The highest BCUT2D eigenvalue weighted by Crippen LogP contribution is 2.25. The average molecular weight is 250 g/mol. The van der Waals surface area contributed by atoms with Crippen LogP contribution in [0.2, 0.25) is 0 Å². The van der Waals surface area contributed by atoms with Crippen molar-refractivity contribution in [2.45, 2.75) is 6.18 Å². The molecule has 0 saturated heterocycles. The number of nitrogen functional groups attached to an aromatic ring is 1. The molecule has 0 aromatic carbocycles. The molecule has 1 aromatic rings. The van der Waals surface area contributed by atoms with E-state index in [0.717, 1.165) is 13.3 Å². The molecule has 0 amide bonds. The molecule has 17 heavy (non-hydrogen) atoms. The Labute approximate surface area is 94.3 Å². The number of nitrogens with zero attached hydrogens (tertiary/aromatic N) is 1. The summed E-state index contributed by atoms with van der Waals surface area (Å²) >= 11 is 0. The standard InChI is InChI=1S/C9H9F3N2O3/c1-16-8(15)5-2-3-14-7(6(5)13)17-4-9(10,11)12/h2-3H,4,13H2,1H3. The Morgan fingerprint density at radius 3 is 2.71 bits per heavy atom. The van der Waals surface area contributed by atoms with Crippen LogP contribution >= 0.6 is 0 Å². The zero-order valence-electron chi connectivity index (χ0n) is 8.75. The first-order valence-corrected chi connectivity index (χ1v) is 4.37. The van der Waals surface area contributed by atoms with Crippen LogP contribution in [0.4, 0.5) is 18.9 Å². The van der Waals surface area contributed by atoms with Gasteiger partial charge in [-0.25, -0.2) is 9.78 Å². The predicted molar refractivity (Wildman–Crippen MR) is 51.5 cm³/mol. The van der Waals surface area contributed by atoms with Crippen molar-refractivity contribution in [3.8, 4) is 5.88 Å². The second-order valence-electron chi connectivity index (χ2n) is 2.97. The highest BCUT2D eigenvalue weighted by Gasteiger charge is 2.29. The summed E-state index contributed by atoms with van der Waals surface area (Å²) < 4.78 is 44.5. The third kappa shape index (κ3) is 3.51. The van der Waals surface area contributed by atoms with Gasteiger partial charge in [0, 0.05) is 6.20 Å². The fourth-order valence-corrected chi connectivity index (χ4v) is 1.01. The van der Waals surface area contributed by atoms with Crippen LogP contribution in [-0.4, -0.2) is 30.8 Å². The van der Waals surface area contributed by atoms with Gasteiger partial charge in [-0.15, -0.1) is 0 Å². The molecule has 5 nitrogen and oxygen atoms in total. The molecule has 0 fully saturated rings. The quantitative estimate of drug-likeness (QED) is 0.820. The molecule has 94 valence electrons. The molecule has 0 aliphatic rings. The topological polar surface area (TPSA) is 74.4 Å². The molecule has 0 saturated carbocycles. The Morgan fingerprint density at radius 1 is 1.53 bits per heavy atom. The lowest BCUT2D eigenvalue weighted by molar-refractivity contribution is -0.153. The Balaban J connectivity index is 2.91. The van der Waals surface area contributed by atoms with Crippen LogP contribution in [-0.2, 0) is 4.74 Å². The Hall–Kier alpha value is -1.99. The number of alkyl halides is 3. The van der Waals surface area contributed by atoms with Gasteiger partial charge in [0.2, 0.25) is 5.88 Å². The van der Waals surface area contributed by atoms with E-state index >= 15 is 0 Å². The van der Waals surface area contributed by atoms with Crippen molar-refractivity contribution in [3.05, 3.63) is 17.8 Å². The normalized spacial score (nSPS) is 11.1. The first-order valence-electron chi connectivity index (χ1n) is 4.37. The number of hydrogen-bond acceptors (Lipinski definition) is 5. The van der Waals surface area contributed by atoms with Gasteiger partial charge in [-0.05, 0) is 6.07 Å². The van der Waals surface area contributed by atoms with E-state index in [2.05, 4.69) is 14.5 Å². The van der Waals surface area contributed by atoms with Crippen molar-refractivity contribution in [3.63, 3.8) is 0 Å². The van der Waals surface area contributed by atoms with Gasteiger partial charge < -0.3 is 15.2 Å². The lowest BCUT2D eigenvalue weighted by Gasteiger charge is -2.11. The summed E-state index contributed by atoms with van der Waals surface area (Å²) in [5.41, 5.74) is 5.05. The number of carbonyl (C=O) groups excluding carboxylic acids is 1. The van der Waals surface area contributed by atoms with Crippen molar-refractivity contribution < 1.29 is 27.4 Å². The predicted octanol–water partition coefficient (Wildman–Crippen LogP) is 1.39. The van der Waals surface area contributed by atoms with E-state index in [4.69, 9.17) is 5.73 Å². The van der Waals surface area contributed by atoms with Crippen LogP contribution in [0, 0.1) is 0 Å². The molecule has 0 aliphatic carbocycles. The van der Waals surface area contributed by atoms with Crippen LogP contribution < -0.4 is 10.5 Å². The minimum Gasteiger partial charge on any atom is -0.467 e. The number of halogens is 3. The van der Waals surface area contributed by atoms with Gasteiger partial charge in [0.05, 0.1) is 12.7 Å². The second-order valence-corrected chi connectivity index (χ2v) is 2.97. The summed E-state index contributed by atoms with van der Waals surface area (Å²) in [5, 5.41) is 0. The molecule has 1 heterocycles. The zero-order valence-corrected chi connectivity index (χ0v) is 8.75. The average Bonchev–Trinajstić information content (AvgIpc) is 2.25. The van der Waals surface area contributed by atoms with E-state index in [1.54, 1.807) is 0 Å². The van der Waals surface area contributed by atoms with E-state index in [1.165, 1.54) is 6.07 Å². The Kier molecular flexibility index (Phi) is 3.77. The summed E-state index contributed by atoms with van der Waals surface area (Å²) in [4.78, 5) is 14.7. The zero-order chi connectivity index (χ0) is 13.1. The largest absolute Gasteiger partial charge is 0.467 e. The van der Waals surface area contributed by atoms with Gasteiger partial charge in [-0.2, -0.15) is 13.2 Å². The third-order valence-electron chi connectivity index (χ3n) is 1.73. The highest BCUT2D eigenvalue weighted by atomic mass is 19.4. The smallest absolute Gasteiger partial charge is 0.422 e. The van der Waals surface area contributed by atoms with Crippen molar-refractivity contribution in [2.75, 3.05) is 19.5 Å². The molecule has 0 radical (unpaired) electrons. The summed E-state index contributed by atoms with van der Waals surface area (Å²) in [5.74, 6) is -1.23. The fourth-order valence-electron chi connectivity index (χ4n) is 1.01. The lowest BCUT2D eigenvalue weighted by atomic mass is 10.2. The number of methoxy groups -OCH3 is 1. The van der Waals surface area contributed by atoms with Gasteiger partial charge in [0.25, 0.3) is 0 Å². The number of rotatable bonds is 3. The van der Waals surface area contributed by atoms with Crippen LogP contribution in [0.5, 0.6) is 5.88 Å². The van der Waals surface area contributed by atoms with E-state index < -0.39 is 24.6 Å². The van der Waals surface area contributed by atoms with Crippen molar-refractivity contribution >= 4 is 11.7 Å². The minimum atomic E-state index is -4.50. The number of aromatic nitrogens is 1. The van der Waals surface area contributed by atoms with Crippen LogP contribution in [0.25, 0.3) is 0 Å². The van der Waals surface area contributed by atoms with Crippen molar-refractivity contribution in [1.82, 2.24) is 4.98 Å². The van der Waals surface area contributed by atoms with Crippen molar-refractivity contribution in [2.24, 2.45) is 0 Å². The third-order valence-corrected chi connectivity index (χ3v) is 1.73. The van der Waals surface area contributed by atoms with Crippen LogP contribution in [0.1, 0.15) is 10.4 Å². The molecular formula is C9H9F3N2O3. The highest BCUT2D eigenvalue weighted by molar-refractivity contribution is 5.95. The number of pyridine rings is 1. The van der Waals surface area contributed by atoms with Crippen LogP contribution in [0.3, 0.4) is 0 Å². The van der Waals surface area contributed by atoms with Gasteiger partial charge in [0.15, 0.2) is 6.61 Å². The van der Waals surface area contributed by atoms with Crippen LogP contribution in [0.15, 0.2) is 12.3 Å². The molecule has 0 spiro atoms. The molecule has 0 bridgehead atoms. The maximum Gasteiger partial charge on any atom is 0.422 e. The van der Waals surface area contributed by atoms with E-state index in [1.807, 2.05) is 0 Å². The summed E-state index contributed by atoms with van der Waals surface area (Å²) in [6.07, 6.45) is -3.40. The van der Waals surface area contributed by atoms with E-state index in [0.29, 0.717) is 0 Å². The number of esters is 1. The molecule has 0 atom stereocenters. The second kappa shape index (κ2) is 4.89. The molecule has 8 heteroatoms. The number of anilines is 1. The van der Waals surface area contributed by atoms with Gasteiger partial charge in [-0.3, -0.25) is 0 Å². The summed E-state index contributed by atoms with van der Waals surface area (Å²) in [6, 6.07) is 1.22. The first-order chi connectivity index (χ1) is 7.85. The molecule has 1 aromatic heterocycles. The molecule has 2 N–H and O–H groups in total. The molecule has 1 rings (SSSR count). The first kappa shape index (κ1) is 13.1. The molecule has 0 unspecified atom stereocenters. The lowest BCUT2D eigenvalue weighted by Crippen LogP contribution is -2.20. The van der Waals surface area contributed by atoms with E-state index in [-0.39, 0.29) is 11.3 Å². The number of ether oxygens (including phenoxy) is 2. The Morgan fingerprint density at radius 2 is 2.18 bits per heavy atom. The Bertz CT molecular complexity index is 420. The van der Waals surface area contributed by atoms with E-state index in [9.17, 15) is 18.0 Å². The van der Waals surface area contributed by atoms with Gasteiger partial charge in [-0.1, -0.05) is 0 Å². The maximum absolute atomic E-state index is 11.9. The number of hydrogen-bond donors (Lipinski definition) is 1. The SMILES string of the molecule is COC(=O)c1ccnc(OCC(F)(F)F)c1N. The monoisotopic (exact) mass is 250 g/mol. The minimum absolute atomic E-state index is 0.0975. The van der Waals surface area contributed by atoms with Gasteiger partial charge >= 0.3 is 12.1 Å². The fraction of sp³-hybridized carbons (Fsp3) is 0.333. The number of nitrogens with two attached hydrogens (primary N) is 1. The number of carbonyl (C=O) groups is 1. The maximum atomic E-state index is 11.9.